The Hall–Kier alpha value is -1.49. The SMILES string of the molecule is O=C(O)c1[nH]c(=O)ccc1-c1c(Cl)cc(Cl)cc1Cl. The summed E-state index contributed by atoms with van der Waals surface area (Å²) < 4.78 is 0. The predicted octanol–water partition coefficient (Wildman–Crippen LogP) is 3.70. The van der Waals surface area contributed by atoms with Gasteiger partial charge < -0.3 is 10.1 Å². The molecule has 0 atom stereocenters. The van der Waals surface area contributed by atoms with E-state index >= 15 is 0 Å². The van der Waals surface area contributed by atoms with Gasteiger partial charge in [-0.3, -0.25) is 4.79 Å². The van der Waals surface area contributed by atoms with Gasteiger partial charge in [-0.25, -0.2) is 4.79 Å². The van der Waals surface area contributed by atoms with Crippen LogP contribution >= 0.6 is 34.8 Å². The van der Waals surface area contributed by atoms with Crippen molar-refractivity contribution in [1.82, 2.24) is 4.98 Å². The fourth-order valence-electron chi connectivity index (χ4n) is 1.65. The van der Waals surface area contributed by atoms with Gasteiger partial charge in [-0.2, -0.15) is 0 Å². The van der Waals surface area contributed by atoms with Crippen molar-refractivity contribution in [3.63, 3.8) is 0 Å². The molecule has 0 saturated heterocycles. The van der Waals surface area contributed by atoms with E-state index in [1.807, 2.05) is 0 Å². The van der Waals surface area contributed by atoms with E-state index in [4.69, 9.17) is 39.9 Å². The average Bonchev–Trinajstić information content (AvgIpc) is 2.29. The minimum atomic E-state index is -1.28. The Balaban J connectivity index is 2.79. The summed E-state index contributed by atoms with van der Waals surface area (Å²) in [5.74, 6) is -1.28. The molecule has 7 heteroatoms. The van der Waals surface area contributed by atoms with E-state index in [-0.39, 0.29) is 21.3 Å². The van der Waals surface area contributed by atoms with Crippen LogP contribution in [0.25, 0.3) is 11.1 Å². The van der Waals surface area contributed by atoms with E-state index in [2.05, 4.69) is 4.98 Å². The molecular formula is C12H6Cl3NO3. The number of carbonyl (C=O) groups is 1. The number of H-pyrrole nitrogens is 1. The van der Waals surface area contributed by atoms with Crippen LogP contribution in [-0.2, 0) is 0 Å². The zero-order valence-corrected chi connectivity index (χ0v) is 11.5. The van der Waals surface area contributed by atoms with Crippen molar-refractivity contribution < 1.29 is 9.90 Å². The predicted molar refractivity (Wildman–Crippen MR) is 74.5 cm³/mol. The number of carboxylic acid groups (broad SMARTS) is 1. The van der Waals surface area contributed by atoms with Crippen molar-refractivity contribution >= 4 is 40.8 Å². The van der Waals surface area contributed by atoms with E-state index < -0.39 is 11.5 Å². The highest BCUT2D eigenvalue weighted by molar-refractivity contribution is 6.42. The largest absolute Gasteiger partial charge is 0.477 e. The van der Waals surface area contributed by atoms with E-state index in [9.17, 15) is 9.59 Å². The Morgan fingerprint density at radius 1 is 1.11 bits per heavy atom. The van der Waals surface area contributed by atoms with Gasteiger partial charge in [0, 0.05) is 22.2 Å². The molecule has 0 aliphatic rings. The number of hydrogen-bond acceptors (Lipinski definition) is 2. The third kappa shape index (κ3) is 2.76. The van der Waals surface area contributed by atoms with Gasteiger partial charge in [-0.05, 0) is 18.2 Å². The van der Waals surface area contributed by atoms with E-state index in [0.717, 1.165) is 0 Å². The molecule has 0 aliphatic heterocycles. The maximum atomic E-state index is 11.2. The first-order valence-corrected chi connectivity index (χ1v) is 6.15. The molecule has 0 fully saturated rings. The Bertz CT molecular complexity index is 701. The van der Waals surface area contributed by atoms with Crippen LogP contribution in [0.5, 0.6) is 0 Å². The van der Waals surface area contributed by atoms with Gasteiger partial charge in [0.05, 0.1) is 10.0 Å². The molecule has 0 unspecified atom stereocenters. The number of benzene rings is 1. The molecule has 2 rings (SSSR count). The molecule has 0 bridgehead atoms. The van der Waals surface area contributed by atoms with E-state index in [1.54, 1.807) is 0 Å². The minimum Gasteiger partial charge on any atom is -0.477 e. The summed E-state index contributed by atoms with van der Waals surface area (Å²) in [6, 6.07) is 5.44. The molecule has 0 saturated carbocycles. The maximum Gasteiger partial charge on any atom is 0.353 e. The van der Waals surface area contributed by atoms with E-state index in [1.165, 1.54) is 24.3 Å². The number of aromatic carboxylic acids is 1. The van der Waals surface area contributed by atoms with Crippen molar-refractivity contribution in [3.05, 3.63) is 55.4 Å². The van der Waals surface area contributed by atoms with Crippen molar-refractivity contribution in [1.29, 1.82) is 0 Å². The summed E-state index contributed by atoms with van der Waals surface area (Å²) in [6.45, 7) is 0. The quantitative estimate of drug-likeness (QED) is 0.887. The number of aromatic nitrogens is 1. The van der Waals surface area contributed by atoms with Crippen molar-refractivity contribution in [3.8, 4) is 11.1 Å². The third-order valence-corrected chi connectivity index (χ3v) is 3.22. The highest BCUT2D eigenvalue weighted by Crippen LogP contribution is 2.37. The molecule has 1 heterocycles. The Morgan fingerprint density at radius 3 is 2.21 bits per heavy atom. The standard InChI is InChI=1S/C12H6Cl3NO3/c13-5-3-7(14)10(8(15)4-5)6-1-2-9(17)16-11(6)12(18)19/h1-4H,(H,16,17)(H,18,19). The molecule has 1 aromatic carbocycles. The van der Waals surface area contributed by atoms with Crippen LogP contribution < -0.4 is 5.56 Å². The summed E-state index contributed by atoms with van der Waals surface area (Å²) in [5.41, 5.74) is -0.277. The summed E-state index contributed by atoms with van der Waals surface area (Å²) in [7, 11) is 0. The number of hydrogen-bond donors (Lipinski definition) is 2. The lowest BCUT2D eigenvalue weighted by molar-refractivity contribution is 0.0691. The van der Waals surface area contributed by atoms with Gasteiger partial charge in [0.2, 0.25) is 5.56 Å². The maximum absolute atomic E-state index is 11.2. The molecule has 0 radical (unpaired) electrons. The average molecular weight is 319 g/mol. The van der Waals surface area contributed by atoms with Gasteiger partial charge in [0.15, 0.2) is 0 Å². The van der Waals surface area contributed by atoms with Crippen LogP contribution in [0, 0.1) is 0 Å². The summed E-state index contributed by atoms with van der Waals surface area (Å²) >= 11 is 17.9. The fourth-order valence-corrected chi connectivity index (χ4v) is 2.67. The topological polar surface area (TPSA) is 70.2 Å². The second-order valence-electron chi connectivity index (χ2n) is 3.66. The highest BCUT2D eigenvalue weighted by Gasteiger charge is 2.18. The molecular weight excluding hydrogens is 312 g/mol. The van der Waals surface area contributed by atoms with Crippen molar-refractivity contribution in [2.45, 2.75) is 0 Å². The normalized spacial score (nSPS) is 10.5. The van der Waals surface area contributed by atoms with Gasteiger partial charge in [-0.1, -0.05) is 34.8 Å². The van der Waals surface area contributed by atoms with Crippen LogP contribution in [0.2, 0.25) is 15.1 Å². The first-order chi connectivity index (χ1) is 8.90. The van der Waals surface area contributed by atoms with Crippen LogP contribution in [0.4, 0.5) is 0 Å². The zero-order chi connectivity index (χ0) is 14.2. The molecule has 2 aromatic rings. The third-order valence-electron chi connectivity index (χ3n) is 2.41. The number of nitrogens with one attached hydrogen (secondary N) is 1. The Kier molecular flexibility index (Phi) is 3.85. The van der Waals surface area contributed by atoms with Gasteiger partial charge in [-0.15, -0.1) is 0 Å². The van der Waals surface area contributed by atoms with Gasteiger partial charge >= 0.3 is 5.97 Å². The number of aromatic amines is 1. The highest BCUT2D eigenvalue weighted by atomic mass is 35.5. The number of rotatable bonds is 2. The molecule has 2 N–H and O–H groups in total. The Labute approximate surface area is 122 Å². The number of halogens is 3. The minimum absolute atomic E-state index is 0.201. The summed E-state index contributed by atoms with van der Waals surface area (Å²) in [5, 5.41) is 9.84. The van der Waals surface area contributed by atoms with Crippen LogP contribution in [0.15, 0.2) is 29.1 Å². The molecule has 98 valence electrons. The molecule has 19 heavy (non-hydrogen) atoms. The van der Waals surface area contributed by atoms with Gasteiger partial charge in [0.1, 0.15) is 5.69 Å². The molecule has 0 amide bonds. The lowest BCUT2D eigenvalue weighted by Crippen LogP contribution is -2.13. The van der Waals surface area contributed by atoms with E-state index in [0.29, 0.717) is 10.6 Å². The Morgan fingerprint density at radius 2 is 1.68 bits per heavy atom. The molecule has 0 aliphatic carbocycles. The number of carboxylic acids is 1. The zero-order valence-electron chi connectivity index (χ0n) is 9.21. The first kappa shape index (κ1) is 13.9. The van der Waals surface area contributed by atoms with Crippen molar-refractivity contribution in [2.24, 2.45) is 0 Å². The molecule has 4 nitrogen and oxygen atoms in total. The molecule has 0 spiro atoms. The summed E-state index contributed by atoms with van der Waals surface area (Å²) in [6.07, 6.45) is 0. The lowest BCUT2D eigenvalue weighted by Gasteiger charge is -2.10. The smallest absolute Gasteiger partial charge is 0.353 e. The lowest BCUT2D eigenvalue weighted by atomic mass is 10.0. The van der Waals surface area contributed by atoms with Crippen LogP contribution in [0.3, 0.4) is 0 Å². The van der Waals surface area contributed by atoms with Gasteiger partial charge in [0.25, 0.3) is 0 Å². The fraction of sp³-hybridized carbons (Fsp3) is 0. The van der Waals surface area contributed by atoms with Crippen molar-refractivity contribution in [2.75, 3.05) is 0 Å². The first-order valence-electron chi connectivity index (χ1n) is 5.01. The van der Waals surface area contributed by atoms with Crippen LogP contribution in [0.1, 0.15) is 10.5 Å². The number of pyridine rings is 1. The van der Waals surface area contributed by atoms with Crippen LogP contribution in [-0.4, -0.2) is 16.1 Å². The molecule has 1 aromatic heterocycles. The monoisotopic (exact) mass is 317 g/mol. The second-order valence-corrected chi connectivity index (χ2v) is 4.91. The summed E-state index contributed by atoms with van der Waals surface area (Å²) in [4.78, 5) is 24.6. The second kappa shape index (κ2) is 5.25.